The smallest absolute Gasteiger partial charge is 0.307 e. The Bertz CT molecular complexity index is 411. The zero-order valence-electron chi connectivity index (χ0n) is 13.3. The molecule has 5 nitrogen and oxygen atoms in total. The molecular weight excluding hydrogens is 254 g/mol. The molecule has 1 unspecified atom stereocenters. The maximum absolute atomic E-state index is 11.8. The van der Waals surface area contributed by atoms with Crippen molar-refractivity contribution in [2.45, 2.75) is 53.1 Å². The van der Waals surface area contributed by atoms with E-state index >= 15 is 0 Å². The number of aromatic nitrogens is 2. The van der Waals surface area contributed by atoms with Crippen LogP contribution in [0.2, 0.25) is 0 Å². The zero-order chi connectivity index (χ0) is 15.1. The molecule has 114 valence electrons. The Morgan fingerprint density at radius 1 is 1.35 bits per heavy atom. The number of carbonyl (C=O) groups is 1. The third-order valence-electron chi connectivity index (χ3n) is 3.45. The number of nitrogens with zero attached hydrogens (tertiary/aromatic N) is 3. The Morgan fingerprint density at radius 3 is 2.45 bits per heavy atom. The first-order valence-electron chi connectivity index (χ1n) is 7.47. The first-order chi connectivity index (χ1) is 9.53. The molecule has 0 aromatic carbocycles. The van der Waals surface area contributed by atoms with E-state index in [-0.39, 0.29) is 12.0 Å². The topological polar surface area (TPSA) is 47.4 Å². The highest BCUT2D eigenvalue weighted by Crippen LogP contribution is 2.25. The monoisotopic (exact) mass is 281 g/mol. The molecule has 1 heterocycles. The van der Waals surface area contributed by atoms with Gasteiger partial charge >= 0.3 is 5.97 Å². The first-order valence-corrected chi connectivity index (χ1v) is 7.47. The van der Waals surface area contributed by atoms with Gasteiger partial charge in [-0.05, 0) is 33.9 Å². The molecule has 5 heteroatoms. The fourth-order valence-electron chi connectivity index (χ4n) is 2.31. The second-order valence-electron chi connectivity index (χ2n) is 5.09. The predicted molar refractivity (Wildman–Crippen MR) is 79.5 cm³/mol. The number of carbonyl (C=O) groups excluding carboxylic acids is 1. The minimum atomic E-state index is -0.151. The van der Waals surface area contributed by atoms with E-state index in [9.17, 15) is 4.79 Å². The van der Waals surface area contributed by atoms with Crippen molar-refractivity contribution in [2.24, 2.45) is 0 Å². The maximum atomic E-state index is 11.8. The van der Waals surface area contributed by atoms with Gasteiger partial charge in [0.25, 0.3) is 0 Å². The normalized spacial score (nSPS) is 12.9. The van der Waals surface area contributed by atoms with Crippen LogP contribution in [0.4, 0.5) is 0 Å². The van der Waals surface area contributed by atoms with Crippen molar-refractivity contribution in [1.82, 2.24) is 14.7 Å². The van der Waals surface area contributed by atoms with Gasteiger partial charge in [0.2, 0.25) is 0 Å². The Labute approximate surface area is 121 Å². The summed E-state index contributed by atoms with van der Waals surface area (Å²) < 4.78 is 7.02. The van der Waals surface area contributed by atoms with Crippen molar-refractivity contribution in [3.8, 4) is 0 Å². The molecular formula is C15H27N3O2. The SMILES string of the molecule is CCOC(=O)CC(c1cnn(C(C)C)c1)N(CC)CC. The zero-order valence-corrected chi connectivity index (χ0v) is 13.3. The van der Waals surface area contributed by atoms with Crippen LogP contribution < -0.4 is 0 Å². The van der Waals surface area contributed by atoms with E-state index in [1.165, 1.54) is 0 Å². The fraction of sp³-hybridized carbons (Fsp3) is 0.733. The van der Waals surface area contributed by atoms with Gasteiger partial charge in [0.05, 0.1) is 19.2 Å². The van der Waals surface area contributed by atoms with Crippen LogP contribution in [0.25, 0.3) is 0 Å². The highest BCUT2D eigenvalue weighted by Gasteiger charge is 2.23. The molecule has 0 bridgehead atoms. The van der Waals surface area contributed by atoms with Crippen LogP contribution >= 0.6 is 0 Å². The predicted octanol–water partition coefficient (Wildman–Crippen LogP) is 2.80. The van der Waals surface area contributed by atoms with Gasteiger partial charge in [-0.25, -0.2) is 0 Å². The standard InChI is InChI=1S/C15H27N3O2/c1-6-17(7-2)14(9-15(19)20-8-3)13-10-16-18(11-13)12(4)5/h10-12,14H,6-9H2,1-5H3. The van der Waals surface area contributed by atoms with Crippen LogP contribution in [0.3, 0.4) is 0 Å². The molecule has 0 saturated heterocycles. The molecule has 0 saturated carbocycles. The molecule has 0 spiro atoms. The molecule has 0 N–H and O–H groups in total. The van der Waals surface area contributed by atoms with Gasteiger partial charge in [-0.3, -0.25) is 14.4 Å². The van der Waals surface area contributed by atoms with Gasteiger partial charge in [-0.1, -0.05) is 13.8 Å². The minimum absolute atomic E-state index is 0.0385. The van der Waals surface area contributed by atoms with Crippen molar-refractivity contribution in [2.75, 3.05) is 19.7 Å². The van der Waals surface area contributed by atoms with E-state index in [0.717, 1.165) is 18.7 Å². The maximum Gasteiger partial charge on any atom is 0.307 e. The Kier molecular flexibility index (Phi) is 6.71. The van der Waals surface area contributed by atoms with Gasteiger partial charge in [0, 0.05) is 23.8 Å². The van der Waals surface area contributed by atoms with Crippen LogP contribution in [0, 0.1) is 0 Å². The van der Waals surface area contributed by atoms with Crippen molar-refractivity contribution in [3.63, 3.8) is 0 Å². The molecule has 0 aliphatic carbocycles. The summed E-state index contributed by atoms with van der Waals surface area (Å²) in [6.07, 6.45) is 4.27. The lowest BCUT2D eigenvalue weighted by atomic mass is 10.1. The van der Waals surface area contributed by atoms with Gasteiger partial charge in [-0.15, -0.1) is 0 Å². The van der Waals surface area contributed by atoms with E-state index < -0.39 is 0 Å². The van der Waals surface area contributed by atoms with Gasteiger partial charge in [0.1, 0.15) is 0 Å². The molecule has 0 aliphatic rings. The van der Waals surface area contributed by atoms with Crippen LogP contribution in [-0.2, 0) is 9.53 Å². The van der Waals surface area contributed by atoms with E-state index in [0.29, 0.717) is 19.1 Å². The van der Waals surface area contributed by atoms with E-state index in [4.69, 9.17) is 4.74 Å². The number of hydrogen-bond acceptors (Lipinski definition) is 4. The summed E-state index contributed by atoms with van der Waals surface area (Å²) in [5.41, 5.74) is 1.08. The van der Waals surface area contributed by atoms with Gasteiger partial charge in [-0.2, -0.15) is 5.10 Å². The number of rotatable bonds is 8. The number of hydrogen-bond donors (Lipinski definition) is 0. The van der Waals surface area contributed by atoms with Gasteiger partial charge in [0.15, 0.2) is 0 Å². The largest absolute Gasteiger partial charge is 0.466 e. The average molecular weight is 281 g/mol. The van der Waals surface area contributed by atoms with Crippen molar-refractivity contribution < 1.29 is 9.53 Å². The lowest BCUT2D eigenvalue weighted by Crippen LogP contribution is -2.30. The lowest BCUT2D eigenvalue weighted by Gasteiger charge is -2.28. The van der Waals surface area contributed by atoms with E-state index in [2.05, 4.69) is 37.7 Å². The molecule has 20 heavy (non-hydrogen) atoms. The first kappa shape index (κ1) is 16.7. The van der Waals surface area contributed by atoms with Crippen LogP contribution in [0.1, 0.15) is 58.7 Å². The Balaban J connectivity index is 2.93. The second kappa shape index (κ2) is 8.04. The van der Waals surface area contributed by atoms with E-state index in [1.54, 1.807) is 0 Å². The Hall–Kier alpha value is -1.36. The molecule has 1 atom stereocenters. The average Bonchev–Trinajstić information content (AvgIpc) is 2.88. The number of ether oxygens (including phenoxy) is 1. The summed E-state index contributed by atoms with van der Waals surface area (Å²) in [7, 11) is 0. The van der Waals surface area contributed by atoms with Crippen LogP contribution in [0.5, 0.6) is 0 Å². The summed E-state index contributed by atoms with van der Waals surface area (Å²) in [6.45, 7) is 12.4. The summed E-state index contributed by atoms with van der Waals surface area (Å²) >= 11 is 0. The molecule has 0 amide bonds. The summed E-state index contributed by atoms with van der Waals surface area (Å²) in [5, 5.41) is 4.38. The molecule has 1 rings (SSSR count). The molecule has 0 aliphatic heterocycles. The molecule has 1 aromatic heterocycles. The highest BCUT2D eigenvalue weighted by atomic mass is 16.5. The van der Waals surface area contributed by atoms with Crippen LogP contribution in [-0.4, -0.2) is 40.3 Å². The summed E-state index contributed by atoms with van der Waals surface area (Å²) in [5.74, 6) is -0.151. The highest BCUT2D eigenvalue weighted by molar-refractivity contribution is 5.70. The minimum Gasteiger partial charge on any atom is -0.466 e. The lowest BCUT2D eigenvalue weighted by molar-refractivity contribution is -0.144. The summed E-state index contributed by atoms with van der Waals surface area (Å²) in [6, 6.07) is 0.361. The van der Waals surface area contributed by atoms with Crippen molar-refractivity contribution in [3.05, 3.63) is 18.0 Å². The summed E-state index contributed by atoms with van der Waals surface area (Å²) in [4.78, 5) is 14.1. The Morgan fingerprint density at radius 2 is 2.00 bits per heavy atom. The fourth-order valence-corrected chi connectivity index (χ4v) is 2.31. The molecule has 0 fully saturated rings. The van der Waals surface area contributed by atoms with Gasteiger partial charge < -0.3 is 4.74 Å². The second-order valence-corrected chi connectivity index (χ2v) is 5.09. The van der Waals surface area contributed by atoms with Crippen molar-refractivity contribution in [1.29, 1.82) is 0 Å². The molecule has 1 aromatic rings. The quantitative estimate of drug-likeness (QED) is 0.687. The van der Waals surface area contributed by atoms with Crippen molar-refractivity contribution >= 4 is 5.97 Å². The third kappa shape index (κ3) is 4.34. The number of esters is 1. The molecule has 0 radical (unpaired) electrons. The van der Waals surface area contributed by atoms with E-state index in [1.807, 2.05) is 24.0 Å². The van der Waals surface area contributed by atoms with Crippen LogP contribution in [0.15, 0.2) is 12.4 Å². The third-order valence-corrected chi connectivity index (χ3v) is 3.45.